The summed E-state index contributed by atoms with van der Waals surface area (Å²) < 4.78 is 79.7. The first-order valence-corrected chi connectivity index (χ1v) is 51.2. The van der Waals surface area contributed by atoms with Crippen molar-refractivity contribution in [3.8, 4) is 0 Å². The minimum atomic E-state index is -2.50. The number of alkyl carbamates (subject to hydrolysis) is 1. The number of esters is 5. The summed E-state index contributed by atoms with van der Waals surface area (Å²) in [6.45, 7) is 38.6. The van der Waals surface area contributed by atoms with Gasteiger partial charge in [-0.3, -0.25) is 24.0 Å². The molecular formula is C100H138N2O28Si2. The fraction of sp³-hybridized carbons (Fsp3) is 0.620. The van der Waals surface area contributed by atoms with Crippen molar-refractivity contribution in [2.75, 3.05) is 27.4 Å². The lowest BCUT2D eigenvalue weighted by molar-refractivity contribution is -0.347. The number of ketones is 2. The van der Waals surface area contributed by atoms with Crippen molar-refractivity contribution in [2.24, 2.45) is 33.5 Å². The third kappa shape index (κ3) is 18.6. The number of fused-ring (bicyclic) bond motifs is 10. The van der Waals surface area contributed by atoms with E-state index >= 15 is 9.59 Å². The van der Waals surface area contributed by atoms with Gasteiger partial charge in [-0.05, 0) is 163 Å². The van der Waals surface area contributed by atoms with E-state index in [0.29, 0.717) is 16.7 Å². The van der Waals surface area contributed by atoms with Crippen molar-refractivity contribution < 1.29 is 134 Å². The minimum absolute atomic E-state index is 0.00108. The molecule has 4 saturated carbocycles. The molecule has 3 aliphatic heterocycles. The molecule has 3 saturated heterocycles. The number of benzene rings is 4. The van der Waals surface area contributed by atoms with E-state index in [-0.39, 0.29) is 66.4 Å². The maximum atomic E-state index is 15.7. The Morgan fingerprint density at radius 1 is 0.545 bits per heavy atom. The lowest BCUT2D eigenvalue weighted by Gasteiger charge is -2.68. The van der Waals surface area contributed by atoms with Crippen LogP contribution in [0.2, 0.25) is 36.3 Å². The number of imide groups is 1. The highest BCUT2D eigenvalue weighted by atomic mass is 28.4. The van der Waals surface area contributed by atoms with Crippen LogP contribution in [0.1, 0.15) is 222 Å². The summed E-state index contributed by atoms with van der Waals surface area (Å²) in [5.41, 5.74) is -12.1. The van der Waals surface area contributed by atoms with Crippen LogP contribution in [0.15, 0.2) is 144 Å². The third-order valence-corrected chi connectivity index (χ3v) is 39.6. The lowest BCUT2D eigenvalue weighted by atomic mass is 9.44. The minimum Gasteiger partial charge on any atom is -0.456 e. The molecule has 4 aromatic carbocycles. The van der Waals surface area contributed by atoms with Gasteiger partial charge in [0.25, 0.3) is 5.91 Å². The summed E-state index contributed by atoms with van der Waals surface area (Å²) in [7, 11) is -1.57. The Kier molecular flexibility index (Phi) is 30.8. The molecule has 7 fully saturated rings. The Balaban J connectivity index is 0.000000205. The predicted molar refractivity (Wildman–Crippen MR) is 489 cm³/mol. The average molecular weight is 1870 g/mol. The summed E-state index contributed by atoms with van der Waals surface area (Å²) in [4.78, 5) is 139. The van der Waals surface area contributed by atoms with Gasteiger partial charge in [0.2, 0.25) is 0 Å². The standard InChI is InChI=1S/C44H55NO14.C36H52O10Si.C20H31NO4Si/c1-23-27(56-38(51)33(48)31(25-16-12-10-13-17-25)45-39(52)59-40(3,4)5)21-44(53)36(57-37(50)26-18-14-11-15-19-26)34-42(8,35(49)32(47)30(23)41(44,6)7)28(54-9)20-29-43(34,22-55-29)58-24(2)46;1-10-47(11-2,12-3)46-28-27-21(4)24(38)19-36(41,33(27,6)7)31(44-32(40)23-16-14-13-15-17-23)29-34(8,30(28)39)25(42-9)18-26-35(29,20-43-26)45-22(5)37;1-7-26(8-2,9-3)25-17-16(15-13-11-10-12-14-15)21(18(17)22)19(23)24-20(4,5)6/h10-19,27-29,31-34,36,47-48,53H,20-22H2,1-9H3,(H,45,52);13-17,24-26,28-29,31,38,41H,10-12,18-20H2,1-9H3;10-14,16-17H,7-9H2,1-6H3/t27-,28-,29+,31-,32+,33+,34-,36-,42+,43-,44+;24-,25-,26+,28+,29-,31-,34+,35-,36+;16-,17+/m000/s1. The van der Waals surface area contributed by atoms with E-state index < -0.39 is 223 Å². The van der Waals surface area contributed by atoms with Crippen LogP contribution in [0.5, 0.6) is 0 Å². The number of aliphatic hydroxyl groups excluding tert-OH is 3. The van der Waals surface area contributed by atoms with Gasteiger partial charge in [0.15, 0.2) is 51.6 Å². The molecule has 4 aromatic rings. The van der Waals surface area contributed by atoms with Gasteiger partial charge in [-0.1, -0.05) is 166 Å². The summed E-state index contributed by atoms with van der Waals surface area (Å²) in [5, 5.41) is 65.0. The normalized spacial score (nSPS) is 32.5. The maximum absolute atomic E-state index is 15.7. The fourth-order valence-electron chi connectivity index (χ4n) is 22.5. The van der Waals surface area contributed by atoms with Crippen LogP contribution in [0, 0.1) is 33.5 Å². The van der Waals surface area contributed by atoms with Crippen molar-refractivity contribution in [1.82, 2.24) is 10.2 Å². The number of Topliss-reactive ketones (excluding diaryl/α,β-unsaturated/α-hetero) is 2. The van der Waals surface area contributed by atoms with E-state index in [9.17, 15) is 63.9 Å². The molecule has 6 aliphatic carbocycles. The number of carbonyl (C=O) groups excluding carboxylic acids is 10. The van der Waals surface area contributed by atoms with Crippen molar-refractivity contribution in [1.29, 1.82) is 0 Å². The number of amides is 3. The van der Waals surface area contributed by atoms with Crippen LogP contribution in [-0.2, 0) is 89.7 Å². The molecule has 0 unspecified atom stereocenters. The number of hydrogen-bond donors (Lipinski definition) is 6. The molecule has 0 aromatic heterocycles. The van der Waals surface area contributed by atoms with Gasteiger partial charge in [0, 0.05) is 64.6 Å². The molecule has 13 rings (SSSR count). The highest BCUT2D eigenvalue weighted by Gasteiger charge is 2.81. The second kappa shape index (κ2) is 39.2. The van der Waals surface area contributed by atoms with Gasteiger partial charge in [-0.2, -0.15) is 0 Å². The maximum Gasteiger partial charge on any atom is 0.417 e. The highest BCUT2D eigenvalue weighted by Crippen LogP contribution is 2.68. The highest BCUT2D eigenvalue weighted by molar-refractivity contribution is 6.74. The molecule has 3 amide bonds. The predicted octanol–water partition coefficient (Wildman–Crippen LogP) is 13.6. The molecule has 4 bridgehead atoms. The van der Waals surface area contributed by atoms with E-state index in [4.69, 9.17) is 61.0 Å². The summed E-state index contributed by atoms with van der Waals surface area (Å²) in [6, 6.07) is 37.6. The second-order valence-electron chi connectivity index (χ2n) is 40.3. The second-order valence-corrected chi connectivity index (χ2v) is 49.8. The first-order valence-electron chi connectivity index (χ1n) is 46.2. The number of nitrogens with zero attached hydrogens (tertiary/aromatic N) is 1. The number of carbonyl (C=O) groups is 10. The molecule has 0 radical (unpaired) electrons. The molecule has 22 atom stereocenters. The van der Waals surface area contributed by atoms with Gasteiger partial charge in [-0.15, -0.1) is 0 Å². The van der Waals surface area contributed by atoms with Crippen molar-refractivity contribution >= 4 is 76.1 Å². The zero-order valence-corrected chi connectivity index (χ0v) is 82.8. The van der Waals surface area contributed by atoms with Crippen LogP contribution in [0.25, 0.3) is 0 Å². The molecule has 9 aliphatic rings. The number of hydrogen-bond acceptors (Lipinski definition) is 28. The van der Waals surface area contributed by atoms with Crippen LogP contribution in [0.4, 0.5) is 9.59 Å². The van der Waals surface area contributed by atoms with Crippen molar-refractivity contribution in [2.45, 2.75) is 333 Å². The summed E-state index contributed by atoms with van der Waals surface area (Å²) >= 11 is 0. The van der Waals surface area contributed by atoms with E-state index in [1.165, 1.54) is 45.1 Å². The van der Waals surface area contributed by atoms with Gasteiger partial charge in [0.05, 0.1) is 71.4 Å². The number of likely N-dealkylation sites (tertiary alicyclic amines) is 1. The monoisotopic (exact) mass is 1870 g/mol. The largest absolute Gasteiger partial charge is 0.456 e. The molecule has 30 nitrogen and oxygen atoms in total. The van der Waals surface area contributed by atoms with Crippen molar-refractivity contribution in [3.63, 3.8) is 0 Å². The van der Waals surface area contributed by atoms with Crippen LogP contribution in [-0.4, -0.2) is 241 Å². The summed E-state index contributed by atoms with van der Waals surface area (Å²) in [6.07, 6.45) is -16.6. The number of rotatable bonds is 24. The SMILES string of the molecule is CC[Si](CC)(CC)O[C@H]1C(=O)N(C(=O)OC(C)(C)C)[C@H]1c1ccccc1.CC[Si](CC)(CC)O[C@H]1C(=O)[C@]2(C)[C@@H](OC)C[C@H]3OC[C@@]3(OC(C)=O)[C@H]2[C@H](OC(=O)c2ccccc2)[C@]2(O)C[C@H](O)C(C)=C1C2(C)C.CO[C@H]1C[C@H]2OC[C@@]2(OC(C)=O)[C@H]2[C@H](OC(=O)c3ccccc3)[C@]3(O)C[C@H](OC(=O)[C@H](O)[C@@H](NC(=O)OC(C)(C)C)c4ccccc4)C(C)=C([C@@H](O)C(=O)[C@]12C)C3(C)C. The topological polar surface area (TPSA) is 407 Å². The Morgan fingerprint density at radius 3 is 1.36 bits per heavy atom. The van der Waals surface area contributed by atoms with Gasteiger partial charge in [-0.25, -0.2) is 28.9 Å². The molecule has 132 heavy (non-hydrogen) atoms. The van der Waals surface area contributed by atoms with Crippen LogP contribution < -0.4 is 5.32 Å². The van der Waals surface area contributed by atoms with Gasteiger partial charge in [0.1, 0.15) is 71.2 Å². The number of ether oxygens (including phenoxy) is 11. The lowest BCUT2D eigenvalue weighted by Crippen LogP contribution is -2.82. The van der Waals surface area contributed by atoms with E-state index in [1.807, 2.05) is 44.2 Å². The zero-order valence-electron chi connectivity index (χ0n) is 80.8. The van der Waals surface area contributed by atoms with E-state index in [1.54, 1.807) is 162 Å². The number of nitrogens with one attached hydrogen (secondary N) is 1. The van der Waals surface area contributed by atoms with Crippen LogP contribution in [0.3, 0.4) is 0 Å². The summed E-state index contributed by atoms with van der Waals surface area (Å²) in [5.74, 6) is -8.01. The smallest absolute Gasteiger partial charge is 0.417 e. The molecule has 3 heterocycles. The number of methoxy groups -OCH3 is 2. The van der Waals surface area contributed by atoms with Crippen molar-refractivity contribution in [3.05, 3.63) is 166 Å². The van der Waals surface area contributed by atoms with Gasteiger partial charge >= 0.3 is 42.0 Å². The Labute approximate surface area is 776 Å². The number of aliphatic hydroxyl groups is 5. The first-order chi connectivity index (χ1) is 61.7. The Bertz CT molecular complexity index is 4950. The molecule has 32 heteroatoms. The van der Waals surface area contributed by atoms with Crippen LogP contribution >= 0.6 is 0 Å². The molecule has 6 N–H and O–H groups in total. The number of β-lactam (4-membered cyclic amide) rings is 1. The van der Waals surface area contributed by atoms with Gasteiger partial charge < -0.3 is 91.8 Å². The molecular weight excluding hydrogens is 1730 g/mol. The van der Waals surface area contributed by atoms with E-state index in [0.717, 1.165) is 41.8 Å². The quantitative estimate of drug-likeness (QED) is 0.0125. The average Bonchev–Trinajstić information content (AvgIpc) is 0.669. The molecule has 0 spiro atoms. The third-order valence-electron chi connectivity index (χ3n) is 30.4. The zero-order chi connectivity index (χ0) is 97.7. The molecule has 724 valence electrons. The first kappa shape index (κ1) is 104. The van der Waals surface area contributed by atoms with E-state index in [2.05, 4.69) is 46.9 Å². The fourth-order valence-corrected chi connectivity index (χ4v) is 28.0. The Morgan fingerprint density at radius 2 is 0.955 bits per heavy atom. The Hall–Kier alpha value is -8.75.